The lowest BCUT2D eigenvalue weighted by molar-refractivity contribution is -0.116. The van der Waals surface area contributed by atoms with Crippen LogP contribution in [0.2, 0.25) is 0 Å². The zero-order valence-corrected chi connectivity index (χ0v) is 16.1. The number of anilines is 1. The van der Waals surface area contributed by atoms with Crippen molar-refractivity contribution in [3.05, 3.63) is 53.9 Å². The first-order valence-electron chi connectivity index (χ1n) is 9.42. The van der Waals surface area contributed by atoms with Crippen LogP contribution in [0.5, 0.6) is 5.75 Å². The maximum absolute atomic E-state index is 12.3. The first kappa shape index (κ1) is 19.3. The number of pyridine rings is 1. The number of ether oxygens (including phenoxy) is 1. The molecule has 0 bridgehead atoms. The van der Waals surface area contributed by atoms with E-state index in [0.717, 1.165) is 56.3 Å². The van der Waals surface area contributed by atoms with Gasteiger partial charge in [0, 0.05) is 63.8 Å². The van der Waals surface area contributed by atoms with Crippen LogP contribution in [0.4, 0.5) is 5.69 Å². The summed E-state index contributed by atoms with van der Waals surface area (Å²) in [4.78, 5) is 21.2. The van der Waals surface area contributed by atoms with E-state index in [-0.39, 0.29) is 5.91 Å². The molecule has 1 aromatic heterocycles. The summed E-state index contributed by atoms with van der Waals surface area (Å²) >= 11 is 0. The summed E-state index contributed by atoms with van der Waals surface area (Å²) in [5.74, 6) is 0.859. The zero-order valence-electron chi connectivity index (χ0n) is 16.1. The third kappa shape index (κ3) is 5.77. The smallest absolute Gasteiger partial charge is 0.225 e. The van der Waals surface area contributed by atoms with Crippen LogP contribution >= 0.6 is 0 Å². The van der Waals surface area contributed by atoms with E-state index in [2.05, 4.69) is 32.2 Å². The Balaban J connectivity index is 1.39. The summed E-state index contributed by atoms with van der Waals surface area (Å²) in [5, 5.41) is 3.01. The second-order valence-corrected chi connectivity index (χ2v) is 6.95. The predicted molar refractivity (Wildman–Crippen MR) is 107 cm³/mol. The van der Waals surface area contributed by atoms with Crippen molar-refractivity contribution in [2.45, 2.75) is 19.9 Å². The van der Waals surface area contributed by atoms with Crippen LogP contribution in [0, 0.1) is 6.92 Å². The van der Waals surface area contributed by atoms with Crippen molar-refractivity contribution in [2.75, 3.05) is 45.2 Å². The molecule has 2 aromatic rings. The van der Waals surface area contributed by atoms with Crippen molar-refractivity contribution in [1.82, 2.24) is 14.8 Å². The molecule has 0 unspecified atom stereocenters. The highest BCUT2D eigenvalue weighted by Gasteiger charge is 2.17. The average molecular weight is 368 g/mol. The van der Waals surface area contributed by atoms with Crippen LogP contribution in [-0.4, -0.2) is 60.5 Å². The number of amides is 1. The van der Waals surface area contributed by atoms with Crippen molar-refractivity contribution in [3.8, 4) is 5.75 Å². The molecule has 0 atom stereocenters. The van der Waals surface area contributed by atoms with Gasteiger partial charge in [-0.1, -0.05) is 0 Å². The Kier molecular flexibility index (Phi) is 6.79. The molecule has 6 nitrogen and oxygen atoms in total. The molecule has 1 aliphatic heterocycles. The fourth-order valence-electron chi connectivity index (χ4n) is 3.29. The van der Waals surface area contributed by atoms with Gasteiger partial charge in [0.25, 0.3) is 0 Å². The van der Waals surface area contributed by atoms with Gasteiger partial charge < -0.3 is 15.0 Å². The Bertz CT molecular complexity index is 743. The maximum Gasteiger partial charge on any atom is 0.225 e. The summed E-state index contributed by atoms with van der Waals surface area (Å²) in [7, 11) is 1.64. The molecule has 1 aromatic carbocycles. The van der Waals surface area contributed by atoms with E-state index >= 15 is 0 Å². The Hall–Kier alpha value is -2.44. The number of carbonyl (C=O) groups is 1. The molecule has 1 aliphatic rings. The van der Waals surface area contributed by atoms with E-state index in [4.69, 9.17) is 4.74 Å². The SMILES string of the molecule is COc1ccc(NC(=O)CCN2CCN(Cc3ccncc3)CC2)c(C)c1. The van der Waals surface area contributed by atoms with Crippen LogP contribution in [0.15, 0.2) is 42.7 Å². The Labute approximate surface area is 161 Å². The van der Waals surface area contributed by atoms with Crippen LogP contribution in [0.25, 0.3) is 0 Å². The van der Waals surface area contributed by atoms with Gasteiger partial charge in [0.15, 0.2) is 0 Å². The summed E-state index contributed by atoms with van der Waals surface area (Å²) in [6.07, 6.45) is 4.19. The first-order valence-corrected chi connectivity index (χ1v) is 9.42. The van der Waals surface area contributed by atoms with Crippen LogP contribution in [0.3, 0.4) is 0 Å². The predicted octanol–water partition coefficient (Wildman–Crippen LogP) is 2.55. The highest BCUT2D eigenvalue weighted by molar-refractivity contribution is 5.91. The van der Waals surface area contributed by atoms with Crippen molar-refractivity contribution in [3.63, 3.8) is 0 Å². The third-order valence-corrected chi connectivity index (χ3v) is 4.98. The number of carbonyl (C=O) groups excluding carboxylic acids is 1. The number of hydrogen-bond donors (Lipinski definition) is 1. The van der Waals surface area contributed by atoms with Crippen molar-refractivity contribution in [2.24, 2.45) is 0 Å². The van der Waals surface area contributed by atoms with Gasteiger partial charge in [-0.3, -0.25) is 14.7 Å². The number of aromatic nitrogens is 1. The maximum atomic E-state index is 12.3. The number of nitrogens with one attached hydrogen (secondary N) is 1. The minimum Gasteiger partial charge on any atom is -0.497 e. The van der Waals surface area contributed by atoms with Gasteiger partial charge in [-0.15, -0.1) is 0 Å². The largest absolute Gasteiger partial charge is 0.497 e. The number of rotatable bonds is 7. The number of hydrogen-bond acceptors (Lipinski definition) is 5. The van der Waals surface area contributed by atoms with E-state index in [0.29, 0.717) is 6.42 Å². The standard InChI is InChI=1S/C21H28N4O2/c1-17-15-19(27-2)3-4-20(17)23-21(26)7-10-24-11-13-25(14-12-24)16-18-5-8-22-9-6-18/h3-6,8-9,15H,7,10-14,16H2,1-2H3,(H,23,26). The Morgan fingerprint density at radius 3 is 2.48 bits per heavy atom. The summed E-state index contributed by atoms with van der Waals surface area (Å²) in [5.41, 5.74) is 3.16. The molecule has 2 heterocycles. The summed E-state index contributed by atoms with van der Waals surface area (Å²) in [6, 6.07) is 9.82. The number of benzene rings is 1. The van der Waals surface area contributed by atoms with E-state index in [1.165, 1.54) is 5.56 Å². The molecule has 1 saturated heterocycles. The van der Waals surface area contributed by atoms with E-state index < -0.39 is 0 Å². The van der Waals surface area contributed by atoms with Crippen LogP contribution in [-0.2, 0) is 11.3 Å². The Morgan fingerprint density at radius 1 is 1.11 bits per heavy atom. The zero-order chi connectivity index (χ0) is 19.1. The second kappa shape index (κ2) is 9.48. The van der Waals surface area contributed by atoms with Gasteiger partial charge >= 0.3 is 0 Å². The van der Waals surface area contributed by atoms with Crippen LogP contribution < -0.4 is 10.1 Å². The van der Waals surface area contributed by atoms with Gasteiger partial charge in [0.05, 0.1) is 7.11 Å². The molecule has 6 heteroatoms. The lowest BCUT2D eigenvalue weighted by Crippen LogP contribution is -2.46. The van der Waals surface area contributed by atoms with Crippen molar-refractivity contribution in [1.29, 1.82) is 0 Å². The van der Waals surface area contributed by atoms with Gasteiger partial charge in [-0.25, -0.2) is 0 Å². The van der Waals surface area contributed by atoms with E-state index in [1.54, 1.807) is 7.11 Å². The number of methoxy groups -OCH3 is 1. The van der Waals surface area contributed by atoms with E-state index in [9.17, 15) is 4.79 Å². The molecule has 1 fully saturated rings. The molecule has 0 saturated carbocycles. The highest BCUT2D eigenvalue weighted by Crippen LogP contribution is 2.21. The normalized spacial score (nSPS) is 15.5. The molecule has 1 N–H and O–H groups in total. The summed E-state index contributed by atoms with van der Waals surface area (Å²) in [6.45, 7) is 7.79. The molecular weight excluding hydrogens is 340 g/mol. The second-order valence-electron chi connectivity index (χ2n) is 6.95. The fourth-order valence-corrected chi connectivity index (χ4v) is 3.29. The van der Waals surface area contributed by atoms with Gasteiger partial charge in [0.1, 0.15) is 5.75 Å². The molecule has 0 radical (unpaired) electrons. The molecule has 1 amide bonds. The lowest BCUT2D eigenvalue weighted by Gasteiger charge is -2.34. The first-order chi connectivity index (χ1) is 13.1. The van der Waals surface area contributed by atoms with Crippen molar-refractivity contribution >= 4 is 11.6 Å². The Morgan fingerprint density at radius 2 is 1.81 bits per heavy atom. The average Bonchev–Trinajstić information content (AvgIpc) is 2.70. The molecule has 0 aliphatic carbocycles. The minimum absolute atomic E-state index is 0.0579. The number of nitrogens with zero attached hydrogens (tertiary/aromatic N) is 3. The van der Waals surface area contributed by atoms with Gasteiger partial charge in [-0.2, -0.15) is 0 Å². The summed E-state index contributed by atoms with van der Waals surface area (Å²) < 4.78 is 5.20. The molecular formula is C21H28N4O2. The quantitative estimate of drug-likeness (QED) is 0.814. The van der Waals surface area contributed by atoms with Crippen LogP contribution in [0.1, 0.15) is 17.5 Å². The van der Waals surface area contributed by atoms with Gasteiger partial charge in [-0.05, 0) is 48.4 Å². The van der Waals surface area contributed by atoms with Gasteiger partial charge in [0.2, 0.25) is 5.91 Å². The molecule has 27 heavy (non-hydrogen) atoms. The molecule has 0 spiro atoms. The molecule has 144 valence electrons. The fraction of sp³-hybridized carbons (Fsp3) is 0.429. The topological polar surface area (TPSA) is 57.7 Å². The number of aryl methyl sites for hydroxylation is 1. The monoisotopic (exact) mass is 368 g/mol. The van der Waals surface area contributed by atoms with E-state index in [1.807, 2.05) is 37.5 Å². The number of piperazine rings is 1. The van der Waals surface area contributed by atoms with Crippen molar-refractivity contribution < 1.29 is 9.53 Å². The highest BCUT2D eigenvalue weighted by atomic mass is 16.5. The third-order valence-electron chi connectivity index (χ3n) is 4.98. The molecule has 3 rings (SSSR count). The minimum atomic E-state index is 0.0579. The lowest BCUT2D eigenvalue weighted by atomic mass is 10.2.